The van der Waals surface area contributed by atoms with Gasteiger partial charge in [0.05, 0.1) is 0 Å². The van der Waals surface area contributed by atoms with Crippen LogP contribution in [0.3, 0.4) is 0 Å². The molecule has 1 atom stereocenters. The van der Waals surface area contributed by atoms with Crippen LogP contribution >= 0.6 is 22.6 Å². The quantitative estimate of drug-likeness (QED) is 0.417. The van der Waals surface area contributed by atoms with Gasteiger partial charge >= 0.3 is 5.97 Å². The van der Waals surface area contributed by atoms with E-state index in [1.165, 1.54) is 0 Å². The summed E-state index contributed by atoms with van der Waals surface area (Å²) in [4.78, 5) is 10.6. The molecule has 3 N–H and O–H groups in total. The van der Waals surface area contributed by atoms with Gasteiger partial charge in [-0.1, -0.05) is 22.6 Å². The maximum absolute atomic E-state index is 10.6. The molecule has 0 aromatic heterocycles. The van der Waals surface area contributed by atoms with Gasteiger partial charge in [-0.05, 0) is 6.92 Å². The summed E-state index contributed by atoms with van der Waals surface area (Å²) >= 11 is 2.01. The fourth-order valence-corrected chi connectivity index (χ4v) is 0.467. The first-order valence-corrected chi connectivity index (χ1v) is 4.03. The van der Waals surface area contributed by atoms with Crippen molar-refractivity contribution in [2.24, 2.45) is 0 Å². The molecule has 0 heterocycles. The highest BCUT2D eigenvalue weighted by Gasteiger charge is 2.08. The zero-order chi connectivity index (χ0) is 7.28. The van der Waals surface area contributed by atoms with Gasteiger partial charge in [-0.25, -0.2) is 0 Å². The molecule has 0 saturated carbocycles. The van der Waals surface area contributed by atoms with Crippen LogP contribution < -0.4 is 5.73 Å². The fraction of sp³-hybridized carbons (Fsp3) is 0.800. The second-order valence-corrected chi connectivity index (χ2v) is 3.51. The highest BCUT2D eigenvalue weighted by Crippen LogP contribution is 1.99. The van der Waals surface area contributed by atoms with Crippen molar-refractivity contribution in [3.63, 3.8) is 0 Å². The number of halogens is 1. The van der Waals surface area contributed by atoms with Crippen molar-refractivity contribution >= 4 is 28.6 Å². The molecule has 0 aromatic rings. The maximum atomic E-state index is 10.6. The number of quaternary nitrogens is 1. The van der Waals surface area contributed by atoms with Gasteiger partial charge in [-0.15, -0.1) is 0 Å². The van der Waals surface area contributed by atoms with Crippen molar-refractivity contribution < 1.29 is 15.3 Å². The van der Waals surface area contributed by atoms with Gasteiger partial charge in [0.15, 0.2) is 0 Å². The Bertz CT molecular complexity index is 95.0. The molecule has 0 spiro atoms. The number of hydrogen-bond acceptors (Lipinski definition) is 2. The summed E-state index contributed by atoms with van der Waals surface area (Å²) in [5.74, 6) is -0.153. The Morgan fingerprint density at radius 1 is 1.89 bits per heavy atom. The second-order valence-electron chi connectivity index (χ2n) is 1.64. The molecular weight excluding hydrogens is 233 g/mol. The summed E-state index contributed by atoms with van der Waals surface area (Å²) in [6, 6.07) is 0. The molecule has 0 bridgehead atoms. The zero-order valence-corrected chi connectivity index (χ0v) is 7.55. The van der Waals surface area contributed by atoms with Gasteiger partial charge in [-0.3, -0.25) is 4.79 Å². The number of carbonyl (C=O) groups is 1. The maximum Gasteiger partial charge on any atom is 0.318 e. The highest BCUT2D eigenvalue weighted by atomic mass is 127. The van der Waals surface area contributed by atoms with Crippen LogP contribution in [0.5, 0.6) is 0 Å². The normalized spacial score (nSPS) is 12.8. The third-order valence-corrected chi connectivity index (χ3v) is 1.22. The van der Waals surface area contributed by atoms with Crippen LogP contribution in [0.15, 0.2) is 0 Å². The van der Waals surface area contributed by atoms with E-state index in [4.69, 9.17) is 4.74 Å². The predicted molar refractivity (Wildman–Crippen MR) is 42.2 cm³/mol. The third kappa shape index (κ3) is 4.65. The van der Waals surface area contributed by atoms with E-state index in [-0.39, 0.29) is 9.89 Å². The molecule has 0 fully saturated rings. The molecule has 0 aromatic carbocycles. The van der Waals surface area contributed by atoms with E-state index in [9.17, 15) is 4.79 Å². The van der Waals surface area contributed by atoms with Crippen LogP contribution in [-0.2, 0) is 9.53 Å². The number of rotatable bonds is 3. The van der Waals surface area contributed by atoms with E-state index in [0.29, 0.717) is 13.2 Å². The molecular formula is C5H11INO2+. The molecule has 54 valence electrons. The van der Waals surface area contributed by atoms with Gasteiger partial charge in [0.25, 0.3) is 0 Å². The summed E-state index contributed by atoms with van der Waals surface area (Å²) in [7, 11) is 0. The summed E-state index contributed by atoms with van der Waals surface area (Å²) in [6.45, 7) is 2.88. The standard InChI is InChI=1S/C5H10INO2/c1-4(6)5(8)9-3-2-7/h4H,2-3,7H2,1H3/p+1. The number of hydrogen-bond donors (Lipinski definition) is 1. The van der Waals surface area contributed by atoms with E-state index in [2.05, 4.69) is 5.73 Å². The van der Waals surface area contributed by atoms with Crippen LogP contribution in [0, 0.1) is 0 Å². The van der Waals surface area contributed by atoms with E-state index in [0.717, 1.165) is 0 Å². The molecule has 0 aliphatic carbocycles. The zero-order valence-electron chi connectivity index (χ0n) is 5.39. The lowest BCUT2D eigenvalue weighted by atomic mass is 10.5. The van der Waals surface area contributed by atoms with Crippen LogP contribution in [0.25, 0.3) is 0 Å². The summed E-state index contributed by atoms with van der Waals surface area (Å²) in [5.41, 5.74) is 3.54. The van der Waals surface area contributed by atoms with E-state index >= 15 is 0 Å². The Labute approximate surface area is 68.1 Å². The van der Waals surface area contributed by atoms with Gasteiger partial charge < -0.3 is 10.5 Å². The van der Waals surface area contributed by atoms with Gasteiger partial charge in [0, 0.05) is 0 Å². The molecule has 9 heavy (non-hydrogen) atoms. The number of alkyl halides is 1. The van der Waals surface area contributed by atoms with Crippen molar-refractivity contribution in [3.05, 3.63) is 0 Å². The largest absolute Gasteiger partial charge is 0.459 e. The molecule has 0 radical (unpaired) electrons. The van der Waals surface area contributed by atoms with Crippen molar-refractivity contribution in [2.75, 3.05) is 13.2 Å². The smallest absolute Gasteiger partial charge is 0.318 e. The lowest BCUT2D eigenvalue weighted by Crippen LogP contribution is -2.52. The second kappa shape index (κ2) is 4.99. The average molecular weight is 244 g/mol. The van der Waals surface area contributed by atoms with Crippen LogP contribution in [-0.4, -0.2) is 23.0 Å². The lowest BCUT2D eigenvalue weighted by Gasteiger charge is -2.01. The molecule has 3 nitrogen and oxygen atoms in total. The monoisotopic (exact) mass is 244 g/mol. The summed E-state index contributed by atoms with van der Waals surface area (Å²) in [6.07, 6.45) is 0. The summed E-state index contributed by atoms with van der Waals surface area (Å²) in [5, 5.41) is 0. The minimum absolute atomic E-state index is 0.0471. The molecule has 4 heteroatoms. The van der Waals surface area contributed by atoms with Gasteiger partial charge in [-0.2, -0.15) is 0 Å². The van der Waals surface area contributed by atoms with Crippen molar-refractivity contribution in [2.45, 2.75) is 10.8 Å². The number of carbonyl (C=O) groups excluding carboxylic acids is 1. The van der Waals surface area contributed by atoms with Crippen molar-refractivity contribution in [1.29, 1.82) is 0 Å². The van der Waals surface area contributed by atoms with Crippen molar-refractivity contribution in [3.8, 4) is 0 Å². The Hall–Kier alpha value is 0.160. The van der Waals surface area contributed by atoms with Crippen LogP contribution in [0.2, 0.25) is 0 Å². The Balaban J connectivity index is 3.28. The molecule has 1 unspecified atom stereocenters. The van der Waals surface area contributed by atoms with Gasteiger partial charge in [0.2, 0.25) is 0 Å². The van der Waals surface area contributed by atoms with Crippen molar-refractivity contribution in [1.82, 2.24) is 0 Å². The van der Waals surface area contributed by atoms with E-state index < -0.39 is 0 Å². The highest BCUT2D eigenvalue weighted by molar-refractivity contribution is 14.1. The molecule has 0 amide bonds. The number of esters is 1. The minimum Gasteiger partial charge on any atom is -0.459 e. The molecule has 0 saturated heterocycles. The fourth-order valence-electron chi connectivity index (χ4n) is 0.288. The first kappa shape index (κ1) is 9.16. The molecule has 0 aliphatic heterocycles. The van der Waals surface area contributed by atoms with Crippen LogP contribution in [0.1, 0.15) is 6.92 Å². The Kier molecular flexibility index (Phi) is 5.07. The minimum atomic E-state index is -0.153. The van der Waals surface area contributed by atoms with E-state index in [1.54, 1.807) is 6.92 Å². The lowest BCUT2D eigenvalue weighted by molar-refractivity contribution is -0.372. The Morgan fingerprint density at radius 3 is 2.78 bits per heavy atom. The predicted octanol–water partition coefficient (Wildman–Crippen LogP) is -0.405. The Morgan fingerprint density at radius 2 is 2.44 bits per heavy atom. The first-order valence-electron chi connectivity index (χ1n) is 2.78. The third-order valence-electron chi connectivity index (χ3n) is 0.713. The number of ether oxygens (including phenoxy) is 1. The SMILES string of the molecule is CC(I)C(=O)OCC[NH3+]. The average Bonchev–Trinajstić information content (AvgIpc) is 1.82. The van der Waals surface area contributed by atoms with Crippen LogP contribution in [0.4, 0.5) is 0 Å². The topological polar surface area (TPSA) is 53.9 Å². The molecule has 0 aliphatic rings. The first-order chi connectivity index (χ1) is 4.18. The van der Waals surface area contributed by atoms with Gasteiger partial charge in [0.1, 0.15) is 17.1 Å². The summed E-state index contributed by atoms with van der Waals surface area (Å²) < 4.78 is 4.70. The van der Waals surface area contributed by atoms with E-state index in [1.807, 2.05) is 22.6 Å². The molecule has 0 rings (SSSR count).